The molecule has 2 amide bonds. The summed E-state index contributed by atoms with van der Waals surface area (Å²) in [4.78, 5) is 31.9. The summed E-state index contributed by atoms with van der Waals surface area (Å²) in [7, 11) is 0. The average Bonchev–Trinajstić information content (AvgIpc) is 2.16. The van der Waals surface area contributed by atoms with Crippen molar-refractivity contribution in [2.45, 2.75) is 18.9 Å². The van der Waals surface area contributed by atoms with E-state index in [1.165, 1.54) is 0 Å². The van der Waals surface area contributed by atoms with Crippen LogP contribution in [0.5, 0.6) is 0 Å². The van der Waals surface area contributed by atoms with Gasteiger partial charge in [0.2, 0.25) is 0 Å². The lowest BCUT2D eigenvalue weighted by atomic mass is 10.1. The molecule has 1 heterocycles. The Labute approximate surface area is 79.5 Å². The lowest BCUT2D eigenvalue weighted by Crippen LogP contribution is -2.57. The molecule has 0 aromatic heterocycles. The van der Waals surface area contributed by atoms with Crippen molar-refractivity contribution >= 4 is 18.5 Å². The minimum absolute atomic E-state index is 0.103. The number of hydrazine groups is 1. The molecule has 0 saturated carbocycles. The molecular weight excluding hydrogens is 192 g/mol. The van der Waals surface area contributed by atoms with Gasteiger partial charge in [-0.05, 0) is 12.8 Å². The van der Waals surface area contributed by atoms with Crippen LogP contribution in [0.4, 0.5) is 9.59 Å². The molecule has 1 aliphatic rings. The van der Waals surface area contributed by atoms with Crippen LogP contribution in [0.15, 0.2) is 0 Å². The molecule has 1 aliphatic heterocycles. The molecule has 1 saturated heterocycles. The minimum atomic E-state index is -1.43. The molecule has 1 rings (SSSR count). The molecule has 7 heteroatoms. The summed E-state index contributed by atoms with van der Waals surface area (Å²) < 4.78 is 0. The van der Waals surface area contributed by atoms with E-state index >= 15 is 0 Å². The molecule has 0 aromatic carbocycles. The van der Waals surface area contributed by atoms with Gasteiger partial charge in [0.05, 0.1) is 0 Å². The third kappa shape index (κ3) is 1.76. The van der Waals surface area contributed by atoms with E-state index in [0.717, 1.165) is 0 Å². The van der Waals surface area contributed by atoms with E-state index in [2.05, 4.69) is 0 Å². The first-order valence-corrected chi connectivity index (χ1v) is 4.05. The van der Waals surface area contributed by atoms with Crippen LogP contribution < -0.4 is 0 Å². The summed E-state index contributed by atoms with van der Waals surface area (Å²) in [5, 5.41) is 18.6. The van der Waals surface area contributed by atoms with E-state index < -0.39 is 18.2 Å². The van der Waals surface area contributed by atoms with E-state index in [1.54, 1.807) is 0 Å². The van der Waals surface area contributed by atoms with Gasteiger partial charge in [-0.2, -0.15) is 0 Å². The van der Waals surface area contributed by atoms with Crippen LogP contribution >= 0.6 is 0 Å². The first kappa shape index (κ1) is 10.3. The molecule has 78 valence electrons. The number of aldehydes is 1. The van der Waals surface area contributed by atoms with E-state index in [4.69, 9.17) is 10.2 Å². The highest BCUT2D eigenvalue weighted by Crippen LogP contribution is 2.16. The second-order valence-corrected chi connectivity index (χ2v) is 2.88. The Hall–Kier alpha value is -1.79. The van der Waals surface area contributed by atoms with Gasteiger partial charge in [0, 0.05) is 6.54 Å². The maximum absolute atomic E-state index is 10.7. The lowest BCUT2D eigenvalue weighted by Gasteiger charge is -2.37. The van der Waals surface area contributed by atoms with E-state index in [1.807, 2.05) is 0 Å². The maximum atomic E-state index is 10.7. The monoisotopic (exact) mass is 202 g/mol. The van der Waals surface area contributed by atoms with Gasteiger partial charge in [0.1, 0.15) is 12.3 Å². The molecule has 1 atom stereocenters. The number of carbonyl (C=O) groups is 3. The number of nitrogens with zero attached hydrogens (tertiary/aromatic N) is 2. The third-order valence-electron chi connectivity index (χ3n) is 2.02. The number of hydrogen-bond acceptors (Lipinski definition) is 3. The standard InChI is InChI=1S/C7H10N2O5/c10-4-5-2-1-3-8(6(11)12)9(5)7(13)14/h4-5H,1-3H2,(H,11,12)(H,13,14). The van der Waals surface area contributed by atoms with Crippen molar-refractivity contribution in [3.05, 3.63) is 0 Å². The zero-order chi connectivity index (χ0) is 10.7. The third-order valence-corrected chi connectivity index (χ3v) is 2.02. The van der Waals surface area contributed by atoms with Crippen LogP contribution in [0.2, 0.25) is 0 Å². The van der Waals surface area contributed by atoms with Gasteiger partial charge in [-0.1, -0.05) is 0 Å². The topological polar surface area (TPSA) is 98.2 Å². The van der Waals surface area contributed by atoms with Crippen molar-refractivity contribution in [2.24, 2.45) is 0 Å². The van der Waals surface area contributed by atoms with Gasteiger partial charge in [-0.3, -0.25) is 0 Å². The summed E-state index contributed by atoms with van der Waals surface area (Å²) in [5.41, 5.74) is 0. The summed E-state index contributed by atoms with van der Waals surface area (Å²) in [5.74, 6) is 0. The molecule has 0 bridgehead atoms. The Morgan fingerprint density at radius 3 is 2.36 bits per heavy atom. The largest absolute Gasteiger partial charge is 0.464 e. The molecule has 0 aromatic rings. The van der Waals surface area contributed by atoms with Gasteiger partial charge < -0.3 is 15.0 Å². The molecule has 0 aliphatic carbocycles. The summed E-state index contributed by atoms with van der Waals surface area (Å²) in [6.07, 6.45) is -1.49. The Kier molecular flexibility index (Phi) is 2.90. The van der Waals surface area contributed by atoms with Crippen LogP contribution in [0.1, 0.15) is 12.8 Å². The Morgan fingerprint density at radius 2 is 1.93 bits per heavy atom. The molecule has 2 N–H and O–H groups in total. The average molecular weight is 202 g/mol. The van der Waals surface area contributed by atoms with Gasteiger partial charge in [0.15, 0.2) is 0 Å². The second-order valence-electron chi connectivity index (χ2n) is 2.88. The molecule has 0 spiro atoms. The van der Waals surface area contributed by atoms with Crippen LogP contribution in [0, 0.1) is 0 Å². The van der Waals surface area contributed by atoms with Crippen LogP contribution in [-0.2, 0) is 4.79 Å². The Balaban J connectivity index is 2.88. The van der Waals surface area contributed by atoms with E-state index in [9.17, 15) is 14.4 Å². The van der Waals surface area contributed by atoms with Crippen LogP contribution in [0.3, 0.4) is 0 Å². The van der Waals surface area contributed by atoms with Gasteiger partial charge in [-0.15, -0.1) is 0 Å². The Morgan fingerprint density at radius 1 is 1.29 bits per heavy atom. The van der Waals surface area contributed by atoms with Crippen LogP contribution in [-0.4, -0.2) is 51.3 Å². The fraction of sp³-hybridized carbons (Fsp3) is 0.571. The molecule has 1 unspecified atom stereocenters. The smallest absolute Gasteiger partial charge is 0.427 e. The fourth-order valence-corrected chi connectivity index (χ4v) is 1.42. The SMILES string of the molecule is O=CC1CCCN(C(=O)O)N1C(=O)O. The molecule has 1 fully saturated rings. The number of amides is 2. The van der Waals surface area contributed by atoms with Gasteiger partial charge >= 0.3 is 12.2 Å². The highest BCUT2D eigenvalue weighted by Gasteiger charge is 2.35. The summed E-state index contributed by atoms with van der Waals surface area (Å²) in [6, 6.07) is -0.891. The molecule has 7 nitrogen and oxygen atoms in total. The number of hydrogen-bond donors (Lipinski definition) is 2. The predicted molar refractivity (Wildman–Crippen MR) is 43.7 cm³/mol. The van der Waals surface area contributed by atoms with Crippen molar-refractivity contribution < 1.29 is 24.6 Å². The van der Waals surface area contributed by atoms with Crippen molar-refractivity contribution in [3.8, 4) is 0 Å². The number of carboxylic acid groups (broad SMARTS) is 2. The highest BCUT2D eigenvalue weighted by molar-refractivity contribution is 5.76. The van der Waals surface area contributed by atoms with E-state index in [0.29, 0.717) is 29.1 Å². The summed E-state index contributed by atoms with van der Waals surface area (Å²) >= 11 is 0. The fourth-order valence-electron chi connectivity index (χ4n) is 1.42. The molecular formula is C7H10N2O5. The van der Waals surface area contributed by atoms with Crippen molar-refractivity contribution in [1.82, 2.24) is 10.0 Å². The normalized spacial score (nSPS) is 21.9. The highest BCUT2D eigenvalue weighted by atomic mass is 16.4. The quantitative estimate of drug-likeness (QED) is 0.593. The first-order chi connectivity index (χ1) is 6.57. The predicted octanol–water partition coefficient (Wildman–Crippen LogP) is 0.223. The minimum Gasteiger partial charge on any atom is -0.464 e. The first-order valence-electron chi connectivity index (χ1n) is 4.05. The second kappa shape index (κ2) is 3.95. The van der Waals surface area contributed by atoms with Crippen molar-refractivity contribution in [1.29, 1.82) is 0 Å². The zero-order valence-corrected chi connectivity index (χ0v) is 7.29. The molecule has 14 heavy (non-hydrogen) atoms. The van der Waals surface area contributed by atoms with Gasteiger partial charge in [-0.25, -0.2) is 19.6 Å². The summed E-state index contributed by atoms with van der Waals surface area (Å²) in [6.45, 7) is 0.103. The van der Waals surface area contributed by atoms with Crippen molar-refractivity contribution in [2.75, 3.05) is 6.54 Å². The van der Waals surface area contributed by atoms with E-state index in [-0.39, 0.29) is 6.54 Å². The molecule has 0 radical (unpaired) electrons. The number of rotatable bonds is 1. The maximum Gasteiger partial charge on any atom is 0.427 e. The van der Waals surface area contributed by atoms with Crippen LogP contribution in [0.25, 0.3) is 0 Å². The number of carbonyl (C=O) groups excluding carboxylic acids is 1. The van der Waals surface area contributed by atoms with Gasteiger partial charge in [0.25, 0.3) is 0 Å². The van der Waals surface area contributed by atoms with Crippen molar-refractivity contribution in [3.63, 3.8) is 0 Å². The zero-order valence-electron chi connectivity index (χ0n) is 7.29. The lowest BCUT2D eigenvalue weighted by molar-refractivity contribution is -0.120. The Bertz CT molecular complexity index is 267.